The van der Waals surface area contributed by atoms with Crippen molar-refractivity contribution in [2.45, 2.75) is 33.1 Å². The first-order valence-electron chi connectivity index (χ1n) is 8.76. The molecule has 2 N–H and O–H groups in total. The molecule has 0 spiro atoms. The maximum atomic E-state index is 12.3. The van der Waals surface area contributed by atoms with Gasteiger partial charge in [0.2, 0.25) is 0 Å². The molecule has 2 rings (SSSR count). The summed E-state index contributed by atoms with van der Waals surface area (Å²) >= 11 is 0. The first-order chi connectivity index (χ1) is 13.2. The fourth-order valence-electron chi connectivity index (χ4n) is 2.62. The molecule has 1 heterocycles. The Morgan fingerprint density at radius 1 is 1.21 bits per heavy atom. The molecule has 0 saturated heterocycles. The van der Waals surface area contributed by atoms with Crippen molar-refractivity contribution in [2.75, 3.05) is 12.4 Å². The number of carbonyl (C=O) groups excluding carboxylic acids is 1. The summed E-state index contributed by atoms with van der Waals surface area (Å²) in [5.74, 6) is -0.126. The molecule has 0 aliphatic rings. The van der Waals surface area contributed by atoms with E-state index in [0.29, 0.717) is 22.6 Å². The lowest BCUT2D eigenvalue weighted by Gasteiger charge is -2.16. The third-order valence-corrected chi connectivity index (χ3v) is 3.91. The number of nitrogens with one attached hydrogen (secondary N) is 2. The molecule has 1 aromatic heterocycles. The number of benzene rings is 1. The van der Waals surface area contributed by atoms with Gasteiger partial charge in [-0.2, -0.15) is 0 Å². The van der Waals surface area contributed by atoms with Crippen LogP contribution in [0.15, 0.2) is 42.6 Å². The number of halogens is 3. The molecule has 1 aromatic carbocycles. The molecular formula is C20H22F3N3O2. The van der Waals surface area contributed by atoms with Gasteiger partial charge in [-0.05, 0) is 49.2 Å². The van der Waals surface area contributed by atoms with Crippen molar-refractivity contribution in [3.8, 4) is 5.75 Å². The number of amides is 1. The Bertz CT molecular complexity index is 847. The largest absolute Gasteiger partial charge is 0.573 e. The normalized spacial score (nSPS) is 11.9. The zero-order chi connectivity index (χ0) is 20.7. The predicted octanol–water partition coefficient (Wildman–Crippen LogP) is 5.29. The van der Waals surface area contributed by atoms with E-state index in [9.17, 15) is 18.0 Å². The molecule has 0 radical (unpaired) electrons. The van der Waals surface area contributed by atoms with E-state index < -0.39 is 6.36 Å². The summed E-state index contributed by atoms with van der Waals surface area (Å²) in [6, 6.07) is 6.94. The molecule has 150 valence electrons. The number of ether oxygens (including phenoxy) is 1. The lowest BCUT2D eigenvalue weighted by molar-refractivity contribution is -0.274. The van der Waals surface area contributed by atoms with Crippen molar-refractivity contribution < 1.29 is 22.7 Å². The Kier molecular flexibility index (Phi) is 7.03. The van der Waals surface area contributed by atoms with Gasteiger partial charge in [0, 0.05) is 24.5 Å². The summed E-state index contributed by atoms with van der Waals surface area (Å²) in [4.78, 5) is 16.6. The predicted molar refractivity (Wildman–Crippen MR) is 103 cm³/mol. The molecule has 2 aromatic rings. The summed E-state index contributed by atoms with van der Waals surface area (Å²) in [7, 11) is 1.55. The SMILES string of the molecule is CCC/C=C(/C)c1c(C(=O)NC)ccnc1Nc1ccc(OC(F)(F)F)cc1. The van der Waals surface area contributed by atoms with Gasteiger partial charge in [0.15, 0.2) is 0 Å². The Hall–Kier alpha value is -3.03. The minimum atomic E-state index is -4.74. The van der Waals surface area contributed by atoms with Gasteiger partial charge in [0.1, 0.15) is 11.6 Å². The lowest BCUT2D eigenvalue weighted by atomic mass is 9.99. The zero-order valence-electron chi connectivity index (χ0n) is 15.9. The molecule has 0 fully saturated rings. The van der Waals surface area contributed by atoms with Gasteiger partial charge >= 0.3 is 6.36 Å². The Morgan fingerprint density at radius 3 is 2.46 bits per heavy atom. The smallest absolute Gasteiger partial charge is 0.406 e. The van der Waals surface area contributed by atoms with Crippen LogP contribution in [-0.4, -0.2) is 24.3 Å². The highest BCUT2D eigenvalue weighted by Gasteiger charge is 2.31. The van der Waals surface area contributed by atoms with Crippen molar-refractivity contribution in [2.24, 2.45) is 0 Å². The molecule has 0 saturated carbocycles. The van der Waals surface area contributed by atoms with E-state index in [1.54, 1.807) is 13.1 Å². The van der Waals surface area contributed by atoms with Gasteiger partial charge in [0.25, 0.3) is 5.91 Å². The molecule has 0 aliphatic carbocycles. The van der Waals surface area contributed by atoms with Crippen molar-refractivity contribution in [3.05, 3.63) is 53.7 Å². The number of anilines is 2. The van der Waals surface area contributed by atoms with Crippen LogP contribution in [0.1, 0.15) is 42.6 Å². The van der Waals surface area contributed by atoms with Crippen LogP contribution in [0.4, 0.5) is 24.7 Å². The van der Waals surface area contributed by atoms with Crippen LogP contribution in [0.25, 0.3) is 5.57 Å². The van der Waals surface area contributed by atoms with Gasteiger partial charge < -0.3 is 15.4 Å². The first-order valence-corrected chi connectivity index (χ1v) is 8.76. The molecule has 0 atom stereocenters. The number of pyridine rings is 1. The average molecular weight is 393 g/mol. The molecule has 0 aliphatic heterocycles. The molecular weight excluding hydrogens is 371 g/mol. The number of allylic oxidation sites excluding steroid dienone is 2. The summed E-state index contributed by atoms with van der Waals surface area (Å²) < 4.78 is 40.8. The minimum absolute atomic E-state index is 0.251. The number of carbonyl (C=O) groups is 1. The van der Waals surface area contributed by atoms with E-state index in [2.05, 4.69) is 27.3 Å². The monoisotopic (exact) mass is 393 g/mol. The van der Waals surface area contributed by atoms with Gasteiger partial charge in [-0.1, -0.05) is 19.4 Å². The molecule has 28 heavy (non-hydrogen) atoms. The van der Waals surface area contributed by atoms with E-state index in [1.165, 1.54) is 30.5 Å². The van der Waals surface area contributed by atoms with Gasteiger partial charge in [-0.25, -0.2) is 4.98 Å². The molecule has 1 amide bonds. The quantitative estimate of drug-likeness (QED) is 0.671. The highest BCUT2D eigenvalue weighted by Crippen LogP contribution is 2.30. The van der Waals surface area contributed by atoms with E-state index in [1.807, 2.05) is 13.0 Å². The minimum Gasteiger partial charge on any atom is -0.406 e. The van der Waals surface area contributed by atoms with Crippen LogP contribution in [0, 0.1) is 0 Å². The van der Waals surface area contributed by atoms with Crippen LogP contribution in [0.2, 0.25) is 0 Å². The van der Waals surface area contributed by atoms with Gasteiger partial charge in [-0.15, -0.1) is 13.2 Å². The number of hydrogen-bond acceptors (Lipinski definition) is 4. The van der Waals surface area contributed by atoms with Crippen LogP contribution in [-0.2, 0) is 0 Å². The van der Waals surface area contributed by atoms with Crippen LogP contribution < -0.4 is 15.4 Å². The second-order valence-corrected chi connectivity index (χ2v) is 6.03. The molecule has 0 unspecified atom stereocenters. The average Bonchev–Trinajstić information content (AvgIpc) is 2.65. The van der Waals surface area contributed by atoms with E-state index in [-0.39, 0.29) is 11.7 Å². The summed E-state index contributed by atoms with van der Waals surface area (Å²) in [5.41, 5.74) is 2.50. The second-order valence-electron chi connectivity index (χ2n) is 6.03. The van der Waals surface area contributed by atoms with Crippen molar-refractivity contribution in [1.82, 2.24) is 10.3 Å². The van der Waals surface area contributed by atoms with Gasteiger partial charge in [-0.3, -0.25) is 4.79 Å². The lowest BCUT2D eigenvalue weighted by Crippen LogP contribution is -2.20. The summed E-state index contributed by atoms with van der Waals surface area (Å²) in [6.45, 7) is 3.95. The fourth-order valence-corrected chi connectivity index (χ4v) is 2.62. The molecule has 0 bridgehead atoms. The van der Waals surface area contributed by atoms with Crippen molar-refractivity contribution in [1.29, 1.82) is 0 Å². The maximum Gasteiger partial charge on any atom is 0.573 e. The summed E-state index contributed by atoms with van der Waals surface area (Å²) in [6.07, 6.45) is 0.583. The van der Waals surface area contributed by atoms with Crippen LogP contribution in [0.3, 0.4) is 0 Å². The van der Waals surface area contributed by atoms with Crippen molar-refractivity contribution in [3.63, 3.8) is 0 Å². The maximum absolute atomic E-state index is 12.3. The Labute approximate surface area is 161 Å². The molecule has 5 nitrogen and oxygen atoms in total. The number of nitrogens with zero attached hydrogens (tertiary/aromatic N) is 1. The number of hydrogen-bond donors (Lipinski definition) is 2. The highest BCUT2D eigenvalue weighted by molar-refractivity contribution is 6.01. The second kappa shape index (κ2) is 9.25. The number of unbranched alkanes of at least 4 members (excludes halogenated alkanes) is 1. The number of alkyl halides is 3. The fraction of sp³-hybridized carbons (Fsp3) is 0.300. The number of rotatable bonds is 7. The standard InChI is InChI=1S/C20H22F3N3O2/c1-4-5-6-13(2)17-16(19(27)24-3)11-12-25-18(17)26-14-7-9-15(10-8-14)28-20(21,22)23/h6-12H,4-5H2,1-3H3,(H,24,27)(H,25,26)/b13-6-. The Balaban J connectivity index is 2.38. The third-order valence-electron chi connectivity index (χ3n) is 3.91. The van der Waals surface area contributed by atoms with Gasteiger partial charge in [0.05, 0.1) is 5.56 Å². The number of aromatic nitrogens is 1. The Morgan fingerprint density at radius 2 is 1.89 bits per heavy atom. The van der Waals surface area contributed by atoms with E-state index in [4.69, 9.17) is 0 Å². The summed E-state index contributed by atoms with van der Waals surface area (Å²) in [5, 5.41) is 5.68. The topological polar surface area (TPSA) is 63.2 Å². The van der Waals surface area contributed by atoms with E-state index >= 15 is 0 Å². The third kappa shape index (κ3) is 5.73. The first kappa shape index (κ1) is 21.3. The van der Waals surface area contributed by atoms with Crippen LogP contribution >= 0.6 is 0 Å². The molecule has 8 heteroatoms. The highest BCUT2D eigenvalue weighted by atomic mass is 19.4. The van der Waals surface area contributed by atoms with Crippen molar-refractivity contribution >= 4 is 23.0 Å². The van der Waals surface area contributed by atoms with Crippen LogP contribution in [0.5, 0.6) is 5.75 Å². The zero-order valence-corrected chi connectivity index (χ0v) is 15.9. The van der Waals surface area contributed by atoms with E-state index in [0.717, 1.165) is 18.4 Å².